The van der Waals surface area contributed by atoms with Crippen molar-refractivity contribution in [3.05, 3.63) is 0 Å². The molecular formula is C12H25NO6S. The van der Waals surface area contributed by atoms with E-state index in [1.807, 2.05) is 0 Å². The standard InChI is InChI=1S/C12H25NO6S/c1-11(10-18-3)13(7-8-17-2)20(15,16)9-5-6-12(14)19-4/h11H,5-10H2,1-4H3. The normalized spacial score (nSPS) is 13.4. The van der Waals surface area contributed by atoms with E-state index in [0.29, 0.717) is 13.2 Å². The Morgan fingerprint density at radius 3 is 2.35 bits per heavy atom. The third-order valence-corrected chi connectivity index (χ3v) is 4.85. The number of methoxy groups -OCH3 is 3. The molecule has 1 atom stereocenters. The van der Waals surface area contributed by atoms with Crippen molar-refractivity contribution in [1.82, 2.24) is 4.31 Å². The van der Waals surface area contributed by atoms with Gasteiger partial charge < -0.3 is 14.2 Å². The van der Waals surface area contributed by atoms with Gasteiger partial charge in [-0.2, -0.15) is 4.31 Å². The van der Waals surface area contributed by atoms with Crippen LogP contribution in [0.1, 0.15) is 19.8 Å². The molecule has 0 aliphatic rings. The Balaban J connectivity index is 4.63. The Morgan fingerprint density at radius 1 is 1.20 bits per heavy atom. The molecule has 1 unspecified atom stereocenters. The predicted octanol–water partition coefficient (Wildman–Crippen LogP) is 0.253. The minimum atomic E-state index is -3.45. The van der Waals surface area contributed by atoms with Crippen molar-refractivity contribution in [3.63, 3.8) is 0 Å². The zero-order valence-corrected chi connectivity index (χ0v) is 13.4. The maximum absolute atomic E-state index is 12.3. The van der Waals surface area contributed by atoms with E-state index < -0.39 is 16.0 Å². The van der Waals surface area contributed by atoms with Crippen molar-refractivity contribution < 1.29 is 27.4 Å². The van der Waals surface area contributed by atoms with Crippen LogP contribution in [0.4, 0.5) is 0 Å². The second kappa shape index (κ2) is 10.1. The van der Waals surface area contributed by atoms with E-state index in [9.17, 15) is 13.2 Å². The number of nitrogens with zero attached hydrogens (tertiary/aromatic N) is 1. The summed E-state index contributed by atoms with van der Waals surface area (Å²) in [5.41, 5.74) is 0. The van der Waals surface area contributed by atoms with Gasteiger partial charge in [-0.3, -0.25) is 4.79 Å². The van der Waals surface area contributed by atoms with Gasteiger partial charge in [-0.25, -0.2) is 8.42 Å². The smallest absolute Gasteiger partial charge is 0.305 e. The summed E-state index contributed by atoms with van der Waals surface area (Å²) >= 11 is 0. The van der Waals surface area contributed by atoms with Gasteiger partial charge in [-0.05, 0) is 13.3 Å². The first-order chi connectivity index (χ1) is 9.38. The van der Waals surface area contributed by atoms with Crippen molar-refractivity contribution in [1.29, 1.82) is 0 Å². The monoisotopic (exact) mass is 311 g/mol. The molecule has 120 valence electrons. The highest BCUT2D eigenvalue weighted by molar-refractivity contribution is 7.89. The molecule has 0 aromatic rings. The molecule has 0 bridgehead atoms. The summed E-state index contributed by atoms with van der Waals surface area (Å²) in [6.07, 6.45) is 0.324. The number of ether oxygens (including phenoxy) is 3. The van der Waals surface area contributed by atoms with Crippen molar-refractivity contribution in [3.8, 4) is 0 Å². The van der Waals surface area contributed by atoms with Crippen LogP contribution in [0.5, 0.6) is 0 Å². The first-order valence-corrected chi connectivity index (χ1v) is 8.04. The number of carbonyl (C=O) groups excluding carboxylic acids is 1. The first-order valence-electron chi connectivity index (χ1n) is 6.43. The van der Waals surface area contributed by atoms with E-state index in [0.717, 1.165) is 0 Å². The van der Waals surface area contributed by atoms with E-state index >= 15 is 0 Å². The van der Waals surface area contributed by atoms with Gasteiger partial charge in [-0.15, -0.1) is 0 Å². The van der Waals surface area contributed by atoms with Crippen molar-refractivity contribution in [2.24, 2.45) is 0 Å². The Hall–Kier alpha value is -0.700. The highest BCUT2D eigenvalue weighted by Crippen LogP contribution is 2.10. The summed E-state index contributed by atoms with van der Waals surface area (Å²) in [6.45, 7) is 2.66. The molecule has 0 saturated heterocycles. The molecule has 0 aliphatic carbocycles. The number of sulfonamides is 1. The summed E-state index contributed by atoms with van der Waals surface area (Å²) in [6, 6.07) is -0.279. The third-order valence-electron chi connectivity index (χ3n) is 2.78. The minimum Gasteiger partial charge on any atom is -0.469 e. The maximum atomic E-state index is 12.3. The Kier molecular flexibility index (Phi) is 9.74. The van der Waals surface area contributed by atoms with Gasteiger partial charge in [0.05, 0.1) is 26.1 Å². The van der Waals surface area contributed by atoms with Crippen LogP contribution in [0.25, 0.3) is 0 Å². The molecule has 0 radical (unpaired) electrons. The molecule has 8 heteroatoms. The molecule has 0 fully saturated rings. The minimum absolute atomic E-state index is 0.0898. The zero-order chi connectivity index (χ0) is 15.6. The van der Waals surface area contributed by atoms with Gasteiger partial charge in [0, 0.05) is 33.2 Å². The maximum Gasteiger partial charge on any atom is 0.305 e. The van der Waals surface area contributed by atoms with Gasteiger partial charge >= 0.3 is 5.97 Å². The van der Waals surface area contributed by atoms with Crippen molar-refractivity contribution in [2.45, 2.75) is 25.8 Å². The average Bonchev–Trinajstić information content (AvgIpc) is 2.38. The lowest BCUT2D eigenvalue weighted by atomic mass is 10.3. The highest BCUT2D eigenvalue weighted by Gasteiger charge is 2.26. The summed E-state index contributed by atoms with van der Waals surface area (Å²) in [5.74, 6) is -0.506. The highest BCUT2D eigenvalue weighted by atomic mass is 32.2. The lowest BCUT2D eigenvalue weighted by molar-refractivity contribution is -0.140. The van der Waals surface area contributed by atoms with E-state index in [-0.39, 0.29) is 31.2 Å². The van der Waals surface area contributed by atoms with E-state index in [4.69, 9.17) is 9.47 Å². The topological polar surface area (TPSA) is 82.1 Å². The Bertz CT molecular complexity index is 370. The molecule has 0 N–H and O–H groups in total. The number of carbonyl (C=O) groups is 1. The molecule has 0 saturated carbocycles. The SMILES string of the molecule is COCCN(C(C)COC)S(=O)(=O)CCCC(=O)OC. The molecule has 0 amide bonds. The molecule has 0 heterocycles. The second-order valence-electron chi connectivity index (χ2n) is 4.40. The van der Waals surface area contributed by atoms with E-state index in [1.165, 1.54) is 25.6 Å². The fraction of sp³-hybridized carbons (Fsp3) is 0.917. The van der Waals surface area contributed by atoms with E-state index in [2.05, 4.69) is 4.74 Å². The van der Waals surface area contributed by atoms with Gasteiger partial charge in [0.1, 0.15) is 0 Å². The summed E-state index contributed by atoms with van der Waals surface area (Å²) in [5, 5.41) is 0. The first kappa shape index (κ1) is 19.3. The van der Waals surface area contributed by atoms with Crippen LogP contribution in [-0.2, 0) is 29.0 Å². The third kappa shape index (κ3) is 7.18. The lowest BCUT2D eigenvalue weighted by Gasteiger charge is -2.27. The zero-order valence-electron chi connectivity index (χ0n) is 12.6. The fourth-order valence-corrected chi connectivity index (χ4v) is 3.46. The van der Waals surface area contributed by atoms with Crippen LogP contribution in [0.2, 0.25) is 0 Å². The molecule has 0 aromatic heterocycles. The van der Waals surface area contributed by atoms with Crippen molar-refractivity contribution in [2.75, 3.05) is 46.8 Å². The Morgan fingerprint density at radius 2 is 1.85 bits per heavy atom. The summed E-state index contributed by atoms with van der Waals surface area (Å²) in [4.78, 5) is 11.0. The van der Waals surface area contributed by atoms with Gasteiger partial charge in [0.15, 0.2) is 0 Å². The number of rotatable bonds is 11. The van der Waals surface area contributed by atoms with Gasteiger partial charge in [0.2, 0.25) is 10.0 Å². The fourth-order valence-electron chi connectivity index (χ4n) is 1.76. The van der Waals surface area contributed by atoms with Crippen LogP contribution in [-0.4, -0.2) is 71.6 Å². The van der Waals surface area contributed by atoms with Crippen LogP contribution >= 0.6 is 0 Å². The molecule has 0 spiro atoms. The molecule has 7 nitrogen and oxygen atoms in total. The molecule has 0 rings (SSSR count). The van der Waals surface area contributed by atoms with Crippen LogP contribution in [0.3, 0.4) is 0 Å². The molecule has 0 aromatic carbocycles. The Labute approximate surface area is 121 Å². The largest absolute Gasteiger partial charge is 0.469 e. The van der Waals surface area contributed by atoms with Crippen LogP contribution in [0, 0.1) is 0 Å². The lowest BCUT2D eigenvalue weighted by Crippen LogP contribution is -2.44. The van der Waals surface area contributed by atoms with Crippen LogP contribution in [0.15, 0.2) is 0 Å². The number of hydrogen-bond acceptors (Lipinski definition) is 6. The summed E-state index contributed by atoms with van der Waals surface area (Å²) < 4.78 is 40.4. The van der Waals surface area contributed by atoms with Crippen molar-refractivity contribution >= 4 is 16.0 Å². The van der Waals surface area contributed by atoms with Gasteiger partial charge in [0.25, 0.3) is 0 Å². The summed E-state index contributed by atoms with van der Waals surface area (Å²) in [7, 11) is 0.865. The number of esters is 1. The molecular weight excluding hydrogens is 286 g/mol. The average molecular weight is 311 g/mol. The predicted molar refractivity (Wildman–Crippen MR) is 75.0 cm³/mol. The van der Waals surface area contributed by atoms with E-state index in [1.54, 1.807) is 6.92 Å². The molecule has 20 heavy (non-hydrogen) atoms. The second-order valence-corrected chi connectivity index (χ2v) is 6.44. The quantitative estimate of drug-likeness (QED) is 0.509. The number of hydrogen-bond donors (Lipinski definition) is 0. The molecule has 0 aliphatic heterocycles. The van der Waals surface area contributed by atoms with Crippen LogP contribution < -0.4 is 0 Å². The van der Waals surface area contributed by atoms with Gasteiger partial charge in [-0.1, -0.05) is 0 Å².